The third-order valence-corrected chi connectivity index (χ3v) is 5.53. The van der Waals surface area contributed by atoms with Crippen LogP contribution in [0, 0.1) is 0 Å². The number of likely N-dealkylation sites (N-methyl/N-ethyl adjacent to an activating group) is 1. The summed E-state index contributed by atoms with van der Waals surface area (Å²) >= 11 is 0. The Morgan fingerprint density at radius 1 is 0.914 bits per heavy atom. The van der Waals surface area contributed by atoms with Gasteiger partial charge in [-0.15, -0.1) is 0 Å². The van der Waals surface area contributed by atoms with Gasteiger partial charge in [0.05, 0.1) is 17.9 Å². The van der Waals surface area contributed by atoms with Gasteiger partial charge in [-0.3, -0.25) is 9.79 Å². The van der Waals surface area contributed by atoms with Crippen molar-refractivity contribution in [3.05, 3.63) is 102 Å². The number of carbonyl (C=O) groups excluding carboxylic acids is 1. The first kappa shape index (κ1) is 25.8. The average molecular weight is 474 g/mol. The van der Waals surface area contributed by atoms with Gasteiger partial charge in [0.25, 0.3) is 0 Å². The molecule has 0 bridgehead atoms. The Kier molecular flexibility index (Phi) is 9.29. The SMILES string of the molecule is CN(C)CC(=O)Nc1ccccc1C(=N[C@@H](C(=O)O)[C@@H](CCO)c1ccccc1)c1ccccc1. The van der Waals surface area contributed by atoms with Crippen LogP contribution < -0.4 is 5.32 Å². The molecule has 2 atom stereocenters. The molecule has 0 saturated heterocycles. The Hall–Kier alpha value is -3.81. The van der Waals surface area contributed by atoms with Gasteiger partial charge < -0.3 is 20.4 Å². The van der Waals surface area contributed by atoms with Crippen LogP contribution in [0.5, 0.6) is 0 Å². The van der Waals surface area contributed by atoms with E-state index in [1.54, 1.807) is 11.0 Å². The number of benzene rings is 3. The largest absolute Gasteiger partial charge is 0.480 e. The van der Waals surface area contributed by atoms with Crippen molar-refractivity contribution in [2.24, 2.45) is 4.99 Å². The summed E-state index contributed by atoms with van der Waals surface area (Å²) in [5.74, 6) is -1.81. The molecule has 3 aromatic rings. The van der Waals surface area contributed by atoms with Crippen molar-refractivity contribution in [3.8, 4) is 0 Å². The fraction of sp³-hybridized carbons (Fsp3) is 0.250. The minimum absolute atomic E-state index is 0.170. The summed E-state index contributed by atoms with van der Waals surface area (Å²) in [5, 5.41) is 22.9. The predicted molar refractivity (Wildman–Crippen MR) is 138 cm³/mol. The first-order chi connectivity index (χ1) is 16.9. The van der Waals surface area contributed by atoms with Crippen LogP contribution in [0.3, 0.4) is 0 Å². The van der Waals surface area contributed by atoms with E-state index in [9.17, 15) is 19.8 Å². The van der Waals surface area contributed by atoms with Crippen LogP contribution in [0.15, 0.2) is 89.9 Å². The Morgan fingerprint density at radius 2 is 1.51 bits per heavy atom. The number of carboxylic acid groups (broad SMARTS) is 1. The van der Waals surface area contributed by atoms with Crippen molar-refractivity contribution in [3.63, 3.8) is 0 Å². The lowest BCUT2D eigenvalue weighted by atomic mass is 9.88. The number of aliphatic hydroxyl groups is 1. The standard InChI is InChI=1S/C28H31N3O4/c1-31(2)19-25(33)29-24-16-10-9-15-23(24)26(21-13-7-4-8-14-21)30-27(28(34)35)22(17-18-32)20-11-5-3-6-12-20/h3-16,22,27,32H,17-19H2,1-2H3,(H,29,33)(H,34,35)/t22-,27+/m0/s1. The minimum Gasteiger partial charge on any atom is -0.480 e. The molecule has 35 heavy (non-hydrogen) atoms. The van der Waals surface area contributed by atoms with Gasteiger partial charge in [-0.1, -0.05) is 78.9 Å². The predicted octanol–water partition coefficient (Wildman–Crippen LogP) is 3.64. The highest BCUT2D eigenvalue weighted by Crippen LogP contribution is 2.28. The number of aliphatic carboxylic acids is 1. The summed E-state index contributed by atoms with van der Waals surface area (Å²) in [7, 11) is 3.62. The van der Waals surface area contributed by atoms with Crippen LogP contribution in [0.2, 0.25) is 0 Å². The van der Waals surface area contributed by atoms with Crippen LogP contribution in [-0.2, 0) is 9.59 Å². The van der Waals surface area contributed by atoms with Crippen LogP contribution in [0.4, 0.5) is 5.69 Å². The fourth-order valence-electron chi connectivity index (χ4n) is 3.97. The van der Waals surface area contributed by atoms with Gasteiger partial charge in [0.2, 0.25) is 5.91 Å². The first-order valence-electron chi connectivity index (χ1n) is 11.5. The zero-order valence-corrected chi connectivity index (χ0v) is 20.0. The Balaban J connectivity index is 2.15. The molecule has 7 heteroatoms. The molecular weight excluding hydrogens is 442 g/mol. The zero-order valence-electron chi connectivity index (χ0n) is 20.0. The number of hydrogen-bond donors (Lipinski definition) is 3. The van der Waals surface area contributed by atoms with E-state index in [0.29, 0.717) is 17.0 Å². The number of aliphatic imine (C=N–C) groups is 1. The van der Waals surface area contributed by atoms with Gasteiger partial charge in [0.15, 0.2) is 6.04 Å². The fourth-order valence-corrected chi connectivity index (χ4v) is 3.97. The lowest BCUT2D eigenvalue weighted by Crippen LogP contribution is -2.30. The second-order valence-electron chi connectivity index (χ2n) is 8.49. The van der Waals surface area contributed by atoms with Crippen molar-refractivity contribution in [2.45, 2.75) is 18.4 Å². The zero-order chi connectivity index (χ0) is 25.2. The molecule has 182 valence electrons. The van der Waals surface area contributed by atoms with E-state index in [2.05, 4.69) is 5.32 Å². The maximum absolute atomic E-state index is 12.5. The normalized spacial score (nSPS) is 13.3. The number of nitrogens with zero attached hydrogens (tertiary/aromatic N) is 2. The first-order valence-corrected chi connectivity index (χ1v) is 11.5. The van der Waals surface area contributed by atoms with Gasteiger partial charge in [0, 0.05) is 23.7 Å². The highest BCUT2D eigenvalue weighted by atomic mass is 16.4. The smallest absolute Gasteiger partial charge is 0.329 e. The van der Waals surface area contributed by atoms with Gasteiger partial charge in [0.1, 0.15) is 0 Å². The third-order valence-electron chi connectivity index (χ3n) is 5.53. The molecule has 1 amide bonds. The number of anilines is 1. The second kappa shape index (κ2) is 12.6. The third kappa shape index (κ3) is 7.09. The molecule has 3 rings (SSSR count). The summed E-state index contributed by atoms with van der Waals surface area (Å²) in [5.41, 5.74) is 3.14. The summed E-state index contributed by atoms with van der Waals surface area (Å²) in [4.78, 5) is 31.6. The molecule has 0 spiro atoms. The molecule has 0 saturated carbocycles. The molecule has 0 radical (unpaired) electrons. The topological polar surface area (TPSA) is 102 Å². The number of rotatable bonds is 11. The Bertz CT molecular complexity index is 1150. The molecular formula is C28H31N3O4. The Morgan fingerprint density at radius 3 is 2.11 bits per heavy atom. The number of nitrogens with one attached hydrogen (secondary N) is 1. The molecule has 3 N–H and O–H groups in total. The van der Waals surface area contributed by atoms with Crippen LogP contribution in [0.25, 0.3) is 0 Å². The molecule has 0 aliphatic rings. The molecule has 3 aromatic carbocycles. The van der Waals surface area contributed by atoms with Crippen molar-refractivity contribution >= 4 is 23.3 Å². The van der Waals surface area contributed by atoms with Crippen LogP contribution >= 0.6 is 0 Å². The lowest BCUT2D eigenvalue weighted by molar-refractivity contribution is -0.139. The molecule has 0 aliphatic carbocycles. The molecule has 0 unspecified atom stereocenters. The van der Waals surface area contributed by atoms with E-state index in [-0.39, 0.29) is 25.5 Å². The average Bonchev–Trinajstić information content (AvgIpc) is 2.85. The van der Waals surface area contributed by atoms with E-state index in [1.165, 1.54) is 0 Å². The monoisotopic (exact) mass is 473 g/mol. The van der Waals surface area contributed by atoms with Crippen molar-refractivity contribution < 1.29 is 19.8 Å². The molecule has 0 fully saturated rings. The van der Waals surface area contributed by atoms with E-state index in [4.69, 9.17) is 4.99 Å². The molecule has 7 nitrogen and oxygen atoms in total. The van der Waals surface area contributed by atoms with Gasteiger partial charge in [-0.05, 0) is 32.1 Å². The van der Waals surface area contributed by atoms with Crippen molar-refractivity contribution in [2.75, 3.05) is 32.6 Å². The maximum atomic E-state index is 12.5. The maximum Gasteiger partial charge on any atom is 0.329 e. The Labute approximate surface area is 205 Å². The second-order valence-corrected chi connectivity index (χ2v) is 8.49. The van der Waals surface area contributed by atoms with E-state index in [0.717, 1.165) is 11.1 Å². The number of carbonyl (C=O) groups is 2. The van der Waals surface area contributed by atoms with Gasteiger partial charge in [-0.2, -0.15) is 0 Å². The van der Waals surface area contributed by atoms with E-state index >= 15 is 0 Å². The number of carboxylic acids is 1. The summed E-state index contributed by atoms with van der Waals surface area (Å²) < 4.78 is 0. The van der Waals surface area contributed by atoms with Gasteiger partial charge in [-0.25, -0.2) is 4.79 Å². The number of aliphatic hydroxyl groups excluding tert-OH is 1. The number of hydrogen-bond acceptors (Lipinski definition) is 5. The highest BCUT2D eigenvalue weighted by Gasteiger charge is 2.30. The van der Waals surface area contributed by atoms with E-state index in [1.807, 2.05) is 93.0 Å². The summed E-state index contributed by atoms with van der Waals surface area (Å²) in [6, 6.07) is 24.6. The highest BCUT2D eigenvalue weighted by molar-refractivity contribution is 6.17. The molecule has 0 aromatic heterocycles. The quantitative estimate of drug-likeness (QED) is 0.369. The minimum atomic E-state index is -1.15. The van der Waals surface area contributed by atoms with Gasteiger partial charge >= 0.3 is 5.97 Å². The van der Waals surface area contributed by atoms with Crippen molar-refractivity contribution in [1.29, 1.82) is 0 Å². The molecule has 0 heterocycles. The molecule has 0 aliphatic heterocycles. The van der Waals surface area contributed by atoms with Crippen LogP contribution in [0.1, 0.15) is 29.0 Å². The lowest BCUT2D eigenvalue weighted by Gasteiger charge is -2.23. The van der Waals surface area contributed by atoms with Crippen LogP contribution in [-0.4, -0.2) is 66.0 Å². The number of para-hydroxylation sites is 1. The number of amides is 1. The van der Waals surface area contributed by atoms with E-state index < -0.39 is 17.9 Å². The summed E-state index contributed by atoms with van der Waals surface area (Å²) in [6.45, 7) is 0.0349. The van der Waals surface area contributed by atoms with Crippen molar-refractivity contribution in [1.82, 2.24) is 4.90 Å². The summed E-state index contributed by atoms with van der Waals surface area (Å²) in [6.07, 6.45) is 0.244.